The number of hydrazine groups is 1. The quantitative estimate of drug-likeness (QED) is 0.564. The molecule has 0 aliphatic rings. The van der Waals surface area contributed by atoms with Crippen molar-refractivity contribution in [3.05, 3.63) is 83.7 Å². The molecule has 0 saturated carbocycles. The van der Waals surface area contributed by atoms with Gasteiger partial charge in [0, 0.05) is 0 Å². The van der Waals surface area contributed by atoms with E-state index < -0.39 is 0 Å². The van der Waals surface area contributed by atoms with Gasteiger partial charge in [0.15, 0.2) is 0 Å². The van der Waals surface area contributed by atoms with Gasteiger partial charge in [0.2, 0.25) is 0 Å². The van der Waals surface area contributed by atoms with Crippen LogP contribution < -0.4 is 11.3 Å². The van der Waals surface area contributed by atoms with Gasteiger partial charge in [0.1, 0.15) is 5.82 Å². The molecule has 2 nitrogen and oxygen atoms in total. The number of rotatable bonds is 4. The molecule has 0 aliphatic heterocycles. The van der Waals surface area contributed by atoms with Crippen molar-refractivity contribution in [1.29, 1.82) is 0 Å². The van der Waals surface area contributed by atoms with Gasteiger partial charge in [-0.2, -0.15) is 0 Å². The number of hydrogen-bond donors (Lipinski definition) is 2. The average molecular weight is 280 g/mol. The SMILES string of the molecule is NNC(Cc1ccc(F)cc1)c1ccc2ccccc2c1. The second kappa shape index (κ2) is 6.04. The summed E-state index contributed by atoms with van der Waals surface area (Å²) in [6.07, 6.45) is 0.717. The van der Waals surface area contributed by atoms with Gasteiger partial charge >= 0.3 is 0 Å². The lowest BCUT2D eigenvalue weighted by Gasteiger charge is -2.17. The minimum Gasteiger partial charge on any atom is -0.271 e. The third-order valence-corrected chi connectivity index (χ3v) is 3.73. The number of nitrogens with two attached hydrogens (primary N) is 1. The van der Waals surface area contributed by atoms with Crippen LogP contribution in [0.25, 0.3) is 10.8 Å². The van der Waals surface area contributed by atoms with E-state index in [1.165, 1.54) is 22.9 Å². The number of hydrogen-bond acceptors (Lipinski definition) is 2. The lowest BCUT2D eigenvalue weighted by atomic mass is 9.97. The van der Waals surface area contributed by atoms with Gasteiger partial charge in [0.25, 0.3) is 0 Å². The molecule has 0 aliphatic carbocycles. The Morgan fingerprint density at radius 2 is 1.62 bits per heavy atom. The Kier molecular flexibility index (Phi) is 3.95. The fraction of sp³-hybridized carbons (Fsp3) is 0.111. The van der Waals surface area contributed by atoms with Gasteiger partial charge in [-0.1, -0.05) is 48.5 Å². The second-order valence-corrected chi connectivity index (χ2v) is 5.16. The lowest BCUT2D eigenvalue weighted by molar-refractivity contribution is 0.551. The number of nitrogens with one attached hydrogen (secondary N) is 1. The van der Waals surface area contributed by atoms with E-state index >= 15 is 0 Å². The summed E-state index contributed by atoms with van der Waals surface area (Å²) in [4.78, 5) is 0. The molecule has 3 heteroatoms. The first kappa shape index (κ1) is 13.7. The highest BCUT2D eigenvalue weighted by Gasteiger charge is 2.11. The molecule has 3 rings (SSSR count). The van der Waals surface area contributed by atoms with Crippen LogP contribution >= 0.6 is 0 Å². The van der Waals surface area contributed by atoms with Gasteiger partial charge in [-0.3, -0.25) is 11.3 Å². The van der Waals surface area contributed by atoms with E-state index in [1.54, 1.807) is 12.1 Å². The highest BCUT2D eigenvalue weighted by Crippen LogP contribution is 2.23. The second-order valence-electron chi connectivity index (χ2n) is 5.16. The van der Waals surface area contributed by atoms with Gasteiger partial charge in [0.05, 0.1) is 6.04 Å². The Balaban J connectivity index is 1.88. The molecule has 3 aromatic carbocycles. The van der Waals surface area contributed by atoms with E-state index in [0.717, 1.165) is 17.5 Å². The number of fused-ring (bicyclic) bond motifs is 1. The zero-order chi connectivity index (χ0) is 14.7. The van der Waals surface area contributed by atoms with Gasteiger partial charge in [-0.15, -0.1) is 0 Å². The van der Waals surface area contributed by atoms with Gasteiger partial charge < -0.3 is 0 Å². The number of halogens is 1. The monoisotopic (exact) mass is 280 g/mol. The standard InChI is InChI=1S/C18H17FN2/c19-17-9-5-13(6-10-17)11-18(21-20)16-8-7-14-3-1-2-4-15(14)12-16/h1-10,12,18,21H,11,20H2. The molecule has 0 amide bonds. The van der Waals surface area contributed by atoms with Crippen LogP contribution in [0.5, 0.6) is 0 Å². The summed E-state index contributed by atoms with van der Waals surface area (Å²) in [6, 6.07) is 21.1. The summed E-state index contributed by atoms with van der Waals surface area (Å²) in [5, 5.41) is 2.40. The van der Waals surface area contributed by atoms with Gasteiger partial charge in [-0.05, 0) is 46.5 Å². The molecule has 0 heterocycles. The third kappa shape index (κ3) is 3.10. The van der Waals surface area contributed by atoms with Crippen LogP contribution in [0.4, 0.5) is 4.39 Å². The van der Waals surface area contributed by atoms with Crippen LogP contribution in [0.3, 0.4) is 0 Å². The largest absolute Gasteiger partial charge is 0.271 e. The summed E-state index contributed by atoms with van der Waals surface area (Å²) in [6.45, 7) is 0. The smallest absolute Gasteiger partial charge is 0.123 e. The molecule has 3 aromatic rings. The van der Waals surface area contributed by atoms with Crippen LogP contribution in [-0.4, -0.2) is 0 Å². The van der Waals surface area contributed by atoms with Crippen LogP contribution in [0.1, 0.15) is 17.2 Å². The molecule has 0 radical (unpaired) electrons. The van der Waals surface area contributed by atoms with E-state index in [0.29, 0.717) is 0 Å². The van der Waals surface area contributed by atoms with Crippen molar-refractivity contribution in [2.45, 2.75) is 12.5 Å². The maximum atomic E-state index is 13.0. The van der Waals surface area contributed by atoms with E-state index in [2.05, 4.69) is 35.8 Å². The topological polar surface area (TPSA) is 38.0 Å². The van der Waals surface area contributed by atoms with Crippen LogP contribution in [0, 0.1) is 5.82 Å². The van der Waals surface area contributed by atoms with Gasteiger partial charge in [-0.25, -0.2) is 4.39 Å². The maximum Gasteiger partial charge on any atom is 0.123 e. The Bertz CT molecular complexity index is 738. The Morgan fingerprint density at radius 1 is 0.905 bits per heavy atom. The fourth-order valence-corrected chi connectivity index (χ4v) is 2.55. The summed E-state index contributed by atoms with van der Waals surface area (Å²) >= 11 is 0. The zero-order valence-corrected chi connectivity index (χ0v) is 11.6. The van der Waals surface area contributed by atoms with E-state index in [-0.39, 0.29) is 11.9 Å². The van der Waals surface area contributed by atoms with Crippen molar-refractivity contribution in [1.82, 2.24) is 5.43 Å². The highest BCUT2D eigenvalue weighted by atomic mass is 19.1. The third-order valence-electron chi connectivity index (χ3n) is 3.73. The molecule has 3 N–H and O–H groups in total. The van der Waals surface area contributed by atoms with Crippen molar-refractivity contribution in [3.63, 3.8) is 0 Å². The van der Waals surface area contributed by atoms with Crippen molar-refractivity contribution in [2.24, 2.45) is 5.84 Å². The van der Waals surface area contributed by atoms with Crippen molar-refractivity contribution in [3.8, 4) is 0 Å². The average Bonchev–Trinajstić information content (AvgIpc) is 2.54. The van der Waals surface area contributed by atoms with Crippen molar-refractivity contribution in [2.75, 3.05) is 0 Å². The zero-order valence-electron chi connectivity index (χ0n) is 11.6. The van der Waals surface area contributed by atoms with Crippen LogP contribution in [-0.2, 0) is 6.42 Å². The first-order valence-electron chi connectivity index (χ1n) is 6.95. The van der Waals surface area contributed by atoms with Crippen LogP contribution in [0.15, 0.2) is 66.7 Å². The highest BCUT2D eigenvalue weighted by molar-refractivity contribution is 5.83. The molecule has 106 valence electrons. The first-order valence-corrected chi connectivity index (χ1v) is 6.95. The van der Waals surface area contributed by atoms with E-state index in [1.807, 2.05) is 12.1 Å². The predicted molar refractivity (Wildman–Crippen MR) is 84.1 cm³/mol. The molecule has 0 fully saturated rings. The predicted octanol–water partition coefficient (Wildman–Crippen LogP) is 3.73. The molecule has 0 spiro atoms. The molecule has 1 atom stereocenters. The summed E-state index contributed by atoms with van der Waals surface area (Å²) < 4.78 is 13.0. The Labute approximate surface area is 123 Å². The molecule has 1 unspecified atom stereocenters. The Morgan fingerprint density at radius 3 is 2.33 bits per heavy atom. The fourth-order valence-electron chi connectivity index (χ4n) is 2.55. The summed E-state index contributed by atoms with van der Waals surface area (Å²) in [7, 11) is 0. The van der Waals surface area contributed by atoms with Crippen molar-refractivity contribution >= 4 is 10.8 Å². The molecule has 21 heavy (non-hydrogen) atoms. The lowest BCUT2D eigenvalue weighted by Crippen LogP contribution is -2.29. The minimum absolute atomic E-state index is 0.0000624. The maximum absolute atomic E-state index is 13.0. The van der Waals surface area contributed by atoms with E-state index in [9.17, 15) is 4.39 Å². The number of benzene rings is 3. The molecular weight excluding hydrogens is 263 g/mol. The summed E-state index contributed by atoms with van der Waals surface area (Å²) in [5.41, 5.74) is 5.03. The molecule has 0 aromatic heterocycles. The molecule has 0 saturated heterocycles. The van der Waals surface area contributed by atoms with E-state index in [4.69, 9.17) is 5.84 Å². The Hall–Kier alpha value is -2.23. The normalized spacial score (nSPS) is 12.5. The minimum atomic E-state index is -0.221. The molecule has 0 bridgehead atoms. The van der Waals surface area contributed by atoms with Crippen molar-refractivity contribution < 1.29 is 4.39 Å². The summed E-state index contributed by atoms with van der Waals surface area (Å²) in [5.74, 6) is 5.48. The van der Waals surface area contributed by atoms with Crippen LogP contribution in [0.2, 0.25) is 0 Å². The first-order chi connectivity index (χ1) is 10.3. The molecular formula is C18H17FN2.